The highest BCUT2D eigenvalue weighted by atomic mass is 32.1. The lowest BCUT2D eigenvalue weighted by atomic mass is 10.1. The summed E-state index contributed by atoms with van der Waals surface area (Å²) < 4.78 is 44.1. The van der Waals surface area contributed by atoms with Gasteiger partial charge in [-0.25, -0.2) is 13.6 Å². The fraction of sp³-hybridized carbons (Fsp3) is 0.261. The van der Waals surface area contributed by atoms with Gasteiger partial charge in [-0.15, -0.1) is 0 Å². The number of methoxy groups -OCH3 is 1. The number of piperidine rings is 1. The van der Waals surface area contributed by atoms with E-state index in [1.165, 1.54) is 19.2 Å². The highest BCUT2D eigenvalue weighted by molar-refractivity contribution is 7.20. The second-order valence-electron chi connectivity index (χ2n) is 7.65. The molecule has 0 radical (unpaired) electrons. The predicted octanol–water partition coefficient (Wildman–Crippen LogP) is 4.37. The number of ether oxygens (including phenoxy) is 2. The fourth-order valence-electron chi connectivity index (χ4n) is 3.90. The Hall–Kier alpha value is -3.53. The number of rotatable bonds is 4. The average molecular weight is 472 g/mol. The first-order chi connectivity index (χ1) is 15.9. The van der Waals surface area contributed by atoms with E-state index >= 15 is 0 Å². The van der Waals surface area contributed by atoms with Gasteiger partial charge in [-0.2, -0.15) is 4.98 Å². The van der Waals surface area contributed by atoms with Gasteiger partial charge in [0.05, 0.1) is 11.8 Å². The molecule has 5 rings (SSSR count). The highest BCUT2D eigenvalue weighted by Gasteiger charge is 2.28. The van der Waals surface area contributed by atoms with Crippen molar-refractivity contribution in [3.63, 3.8) is 0 Å². The number of aromatic nitrogens is 1. The van der Waals surface area contributed by atoms with Gasteiger partial charge in [0, 0.05) is 37.4 Å². The first kappa shape index (κ1) is 21.3. The van der Waals surface area contributed by atoms with Crippen LogP contribution in [0.25, 0.3) is 21.2 Å². The normalized spacial score (nSPS) is 14.7. The smallest absolute Gasteiger partial charge is 0.349 e. The molecule has 0 spiro atoms. The summed E-state index contributed by atoms with van der Waals surface area (Å²) in [5.74, 6) is -1.40. The summed E-state index contributed by atoms with van der Waals surface area (Å²) in [7, 11) is 1.48. The largest absolute Gasteiger partial charge is 0.493 e. The second kappa shape index (κ2) is 8.43. The zero-order valence-corrected chi connectivity index (χ0v) is 18.3. The number of para-hydroxylation sites is 1. The van der Waals surface area contributed by atoms with Crippen molar-refractivity contribution in [2.24, 2.45) is 0 Å². The molecule has 1 aliphatic heterocycles. The Morgan fingerprint density at radius 1 is 1.21 bits per heavy atom. The lowest BCUT2D eigenvalue weighted by Crippen LogP contribution is -2.43. The number of halogens is 2. The van der Waals surface area contributed by atoms with Gasteiger partial charge in [0.2, 0.25) is 0 Å². The summed E-state index contributed by atoms with van der Waals surface area (Å²) in [6.07, 6.45) is 0.774. The first-order valence-electron chi connectivity index (χ1n) is 10.3. The van der Waals surface area contributed by atoms with Crippen LogP contribution in [0.15, 0.2) is 45.6 Å². The SMILES string of the molecule is COc1cccc2cc(C(=O)N3CCC(Oc4nc5c(F)cc(F)cc5s4)CC3)c(=O)oc12. The van der Waals surface area contributed by atoms with E-state index < -0.39 is 23.2 Å². The summed E-state index contributed by atoms with van der Waals surface area (Å²) in [5.41, 5.74) is -0.401. The van der Waals surface area contributed by atoms with E-state index in [9.17, 15) is 18.4 Å². The number of benzene rings is 2. The summed E-state index contributed by atoms with van der Waals surface area (Å²) in [6.45, 7) is 0.736. The Balaban J connectivity index is 1.28. The maximum Gasteiger partial charge on any atom is 0.349 e. The van der Waals surface area contributed by atoms with Crippen LogP contribution >= 0.6 is 11.3 Å². The van der Waals surface area contributed by atoms with Crippen molar-refractivity contribution in [2.75, 3.05) is 20.2 Å². The van der Waals surface area contributed by atoms with Crippen molar-refractivity contribution in [2.45, 2.75) is 18.9 Å². The van der Waals surface area contributed by atoms with E-state index in [1.54, 1.807) is 23.1 Å². The van der Waals surface area contributed by atoms with E-state index in [4.69, 9.17) is 13.9 Å². The fourth-order valence-corrected chi connectivity index (χ4v) is 4.83. The van der Waals surface area contributed by atoms with Gasteiger partial charge in [-0.3, -0.25) is 4.79 Å². The molecule has 0 saturated carbocycles. The van der Waals surface area contributed by atoms with Crippen molar-refractivity contribution >= 4 is 38.4 Å². The van der Waals surface area contributed by atoms with Crippen LogP contribution in [0.4, 0.5) is 8.78 Å². The monoisotopic (exact) mass is 472 g/mol. The number of nitrogens with zero attached hydrogens (tertiary/aromatic N) is 2. The van der Waals surface area contributed by atoms with Crippen molar-refractivity contribution in [3.05, 3.63) is 64.0 Å². The summed E-state index contributed by atoms with van der Waals surface area (Å²) in [5, 5.41) is 0.846. The van der Waals surface area contributed by atoms with Gasteiger partial charge >= 0.3 is 5.63 Å². The summed E-state index contributed by atoms with van der Waals surface area (Å²) in [4.78, 5) is 31.1. The zero-order chi connectivity index (χ0) is 23.1. The molecular weight excluding hydrogens is 454 g/mol. The molecule has 2 aromatic heterocycles. The molecular formula is C23H18F2N2O5S. The molecule has 0 bridgehead atoms. The predicted molar refractivity (Wildman–Crippen MR) is 118 cm³/mol. The van der Waals surface area contributed by atoms with Crippen LogP contribution < -0.4 is 15.1 Å². The Labute approximate surface area is 190 Å². The molecule has 1 fully saturated rings. The lowest BCUT2D eigenvalue weighted by molar-refractivity contribution is 0.0592. The molecule has 170 valence electrons. The Kier molecular flexibility index (Phi) is 5.45. The number of hydrogen-bond acceptors (Lipinski definition) is 7. The van der Waals surface area contributed by atoms with Gasteiger partial charge in [0.15, 0.2) is 17.1 Å². The number of amides is 1. The zero-order valence-electron chi connectivity index (χ0n) is 17.5. The van der Waals surface area contributed by atoms with Crippen molar-refractivity contribution < 1.29 is 27.5 Å². The Morgan fingerprint density at radius 3 is 2.76 bits per heavy atom. The molecule has 0 aliphatic carbocycles. The Bertz CT molecular complexity index is 1430. The van der Waals surface area contributed by atoms with Crippen molar-refractivity contribution in [3.8, 4) is 10.9 Å². The quantitative estimate of drug-likeness (QED) is 0.410. The minimum atomic E-state index is -0.733. The molecule has 4 aromatic rings. The number of hydrogen-bond donors (Lipinski definition) is 0. The highest BCUT2D eigenvalue weighted by Crippen LogP contribution is 2.32. The van der Waals surface area contributed by atoms with Crippen molar-refractivity contribution in [1.82, 2.24) is 9.88 Å². The number of likely N-dealkylation sites (tertiary alicyclic amines) is 1. The van der Waals surface area contributed by atoms with Gasteiger partial charge in [0.1, 0.15) is 23.0 Å². The maximum absolute atomic E-state index is 13.9. The number of fused-ring (bicyclic) bond motifs is 2. The molecule has 1 aliphatic rings. The summed E-state index contributed by atoms with van der Waals surface area (Å²) >= 11 is 1.07. The van der Waals surface area contributed by atoms with Gasteiger partial charge < -0.3 is 18.8 Å². The molecule has 2 aromatic carbocycles. The minimum Gasteiger partial charge on any atom is -0.493 e. The van der Waals surface area contributed by atoms with Crippen LogP contribution in [0.1, 0.15) is 23.2 Å². The molecule has 0 unspecified atom stereocenters. The number of thiazole rings is 1. The molecule has 1 saturated heterocycles. The maximum atomic E-state index is 13.9. The van der Waals surface area contributed by atoms with Crippen LogP contribution in [0, 0.1) is 11.6 Å². The third-order valence-corrected chi connectivity index (χ3v) is 6.46. The van der Waals surface area contributed by atoms with Crippen LogP contribution in [-0.4, -0.2) is 42.1 Å². The van der Waals surface area contributed by atoms with Gasteiger partial charge in [0.25, 0.3) is 11.1 Å². The van der Waals surface area contributed by atoms with E-state index in [1.807, 2.05) is 0 Å². The second-order valence-corrected chi connectivity index (χ2v) is 8.64. The molecule has 0 N–H and O–H groups in total. The van der Waals surface area contributed by atoms with E-state index in [-0.39, 0.29) is 22.4 Å². The first-order valence-corrected chi connectivity index (χ1v) is 11.1. The van der Waals surface area contributed by atoms with Crippen LogP contribution in [-0.2, 0) is 0 Å². The third kappa shape index (κ3) is 4.02. The average Bonchev–Trinajstić information content (AvgIpc) is 3.21. The van der Waals surface area contributed by atoms with E-state index in [0.29, 0.717) is 47.3 Å². The molecule has 0 atom stereocenters. The van der Waals surface area contributed by atoms with E-state index in [2.05, 4.69) is 4.98 Å². The lowest BCUT2D eigenvalue weighted by Gasteiger charge is -2.31. The standard InChI is InChI=1S/C23H18F2N2O5S/c1-30-17-4-2-3-12-9-15(22(29)32-20(12)17)21(28)27-7-5-14(6-8-27)31-23-26-19-16(25)10-13(24)11-18(19)33-23/h2-4,9-11,14H,5-8H2,1H3. The van der Waals surface area contributed by atoms with Crippen LogP contribution in [0.5, 0.6) is 10.9 Å². The van der Waals surface area contributed by atoms with Crippen molar-refractivity contribution in [1.29, 1.82) is 0 Å². The Morgan fingerprint density at radius 2 is 2.00 bits per heavy atom. The molecule has 7 nitrogen and oxygen atoms in total. The third-order valence-electron chi connectivity index (χ3n) is 5.56. The topological polar surface area (TPSA) is 81.9 Å². The van der Waals surface area contributed by atoms with Gasteiger partial charge in [-0.1, -0.05) is 23.5 Å². The summed E-state index contributed by atoms with van der Waals surface area (Å²) in [6, 6.07) is 8.69. The van der Waals surface area contributed by atoms with Gasteiger partial charge in [-0.05, 0) is 18.2 Å². The molecule has 33 heavy (non-hydrogen) atoms. The minimum absolute atomic E-state index is 0.0428. The molecule has 1 amide bonds. The van der Waals surface area contributed by atoms with Crippen LogP contribution in [0.3, 0.4) is 0 Å². The molecule has 10 heteroatoms. The van der Waals surface area contributed by atoms with Crippen LogP contribution in [0.2, 0.25) is 0 Å². The molecule has 3 heterocycles. The van der Waals surface area contributed by atoms with E-state index in [0.717, 1.165) is 17.4 Å². The number of carbonyl (C=O) groups is 1. The number of carbonyl (C=O) groups excluding carboxylic acids is 1.